The first-order valence-electron chi connectivity index (χ1n) is 15.1. The third-order valence-corrected chi connectivity index (χ3v) is 8.15. The Bertz CT molecular complexity index is 1040. The van der Waals surface area contributed by atoms with E-state index < -0.39 is 37.3 Å². The van der Waals surface area contributed by atoms with Gasteiger partial charge >= 0.3 is 18.0 Å². The van der Waals surface area contributed by atoms with Crippen molar-refractivity contribution in [3.63, 3.8) is 0 Å². The second kappa shape index (κ2) is 17.4. The van der Waals surface area contributed by atoms with Crippen molar-refractivity contribution in [1.29, 1.82) is 0 Å². The van der Waals surface area contributed by atoms with Gasteiger partial charge in [-0.05, 0) is 37.7 Å². The van der Waals surface area contributed by atoms with E-state index in [-0.39, 0.29) is 43.3 Å². The molecule has 0 aromatic heterocycles. The maximum Gasteiger partial charge on any atom is 0.408 e. The minimum Gasteiger partial charge on any atom is -0.456 e. The van der Waals surface area contributed by atoms with Gasteiger partial charge in [0.1, 0.15) is 12.6 Å². The minimum absolute atomic E-state index is 0.0161. The van der Waals surface area contributed by atoms with Crippen LogP contribution in [0.1, 0.15) is 82.6 Å². The number of nitrogens with one attached hydrogen (secondary N) is 1. The summed E-state index contributed by atoms with van der Waals surface area (Å²) in [6.45, 7) is -0.886. The molecule has 1 aromatic rings. The van der Waals surface area contributed by atoms with Crippen LogP contribution in [0.5, 0.6) is 0 Å². The quantitative estimate of drug-likeness (QED) is 0.273. The van der Waals surface area contributed by atoms with E-state index in [4.69, 9.17) is 14.2 Å². The van der Waals surface area contributed by atoms with Gasteiger partial charge in [0.25, 0.3) is 11.8 Å². The molecule has 0 unspecified atom stereocenters. The highest BCUT2D eigenvalue weighted by Gasteiger charge is 2.28. The van der Waals surface area contributed by atoms with Crippen LogP contribution < -0.4 is 5.32 Å². The fraction of sp³-hybridized carbons (Fsp3) is 0.645. The first-order valence-corrected chi connectivity index (χ1v) is 15.1. The number of carbonyl (C=O) groups is 5. The molecule has 0 heterocycles. The number of ether oxygens (including phenoxy) is 3. The number of esters is 2. The molecule has 2 aliphatic rings. The minimum atomic E-state index is -1.26. The molecule has 0 saturated heterocycles. The van der Waals surface area contributed by atoms with Gasteiger partial charge in [-0.25, -0.2) is 9.59 Å². The molecule has 0 radical (unpaired) electrons. The maximum atomic E-state index is 12.9. The van der Waals surface area contributed by atoms with Gasteiger partial charge in [-0.1, -0.05) is 68.9 Å². The highest BCUT2D eigenvalue weighted by molar-refractivity contribution is 5.85. The highest BCUT2D eigenvalue weighted by atomic mass is 16.6. The molecule has 2 fully saturated rings. The molecule has 1 N–H and O–H groups in total. The summed E-state index contributed by atoms with van der Waals surface area (Å²) in [5.41, 5.74) is 0.759. The van der Waals surface area contributed by atoms with Crippen molar-refractivity contribution >= 4 is 29.8 Å². The largest absolute Gasteiger partial charge is 0.456 e. The number of amides is 3. The van der Waals surface area contributed by atoms with E-state index in [2.05, 4.69) is 5.32 Å². The van der Waals surface area contributed by atoms with Crippen molar-refractivity contribution in [1.82, 2.24) is 15.1 Å². The van der Waals surface area contributed by atoms with Crippen LogP contribution in [0.15, 0.2) is 30.3 Å². The Kier molecular flexibility index (Phi) is 13.6. The first kappa shape index (κ1) is 32.9. The Hall–Kier alpha value is -3.63. The average molecular weight is 588 g/mol. The average Bonchev–Trinajstić information content (AvgIpc) is 3.03. The molecule has 1 atom stereocenters. The van der Waals surface area contributed by atoms with Crippen LogP contribution in [0.25, 0.3) is 0 Å². The van der Waals surface area contributed by atoms with E-state index >= 15 is 0 Å². The van der Waals surface area contributed by atoms with Gasteiger partial charge in [0.2, 0.25) is 0 Å². The molecule has 2 saturated carbocycles. The zero-order chi connectivity index (χ0) is 30.3. The molecule has 1 aromatic carbocycles. The van der Waals surface area contributed by atoms with Crippen LogP contribution in [0.4, 0.5) is 4.79 Å². The monoisotopic (exact) mass is 587 g/mol. The number of nitrogens with zero attached hydrogens (tertiary/aromatic N) is 2. The van der Waals surface area contributed by atoms with E-state index in [9.17, 15) is 24.0 Å². The van der Waals surface area contributed by atoms with Crippen molar-refractivity contribution in [3.8, 4) is 0 Å². The number of likely N-dealkylation sites (N-methyl/N-ethyl adjacent to an activating group) is 2. The van der Waals surface area contributed by atoms with Crippen molar-refractivity contribution < 1.29 is 38.2 Å². The second-order valence-electron chi connectivity index (χ2n) is 11.2. The van der Waals surface area contributed by atoms with Gasteiger partial charge in [0, 0.05) is 32.6 Å². The van der Waals surface area contributed by atoms with Gasteiger partial charge in [-0.3, -0.25) is 14.4 Å². The molecule has 0 aliphatic heterocycles. The van der Waals surface area contributed by atoms with E-state index in [0.717, 1.165) is 69.8 Å². The van der Waals surface area contributed by atoms with Crippen LogP contribution >= 0.6 is 0 Å². The molecule has 11 nitrogen and oxygen atoms in total. The molecule has 3 amide bonds. The zero-order valence-corrected chi connectivity index (χ0v) is 24.9. The second-order valence-corrected chi connectivity index (χ2v) is 11.2. The Morgan fingerprint density at radius 3 is 1.83 bits per heavy atom. The Morgan fingerprint density at radius 1 is 0.762 bits per heavy atom. The molecule has 11 heteroatoms. The van der Waals surface area contributed by atoms with Crippen LogP contribution in [-0.4, -0.2) is 85.1 Å². The van der Waals surface area contributed by atoms with Crippen LogP contribution in [0.2, 0.25) is 0 Å². The molecule has 42 heavy (non-hydrogen) atoms. The number of alkyl carbamates (subject to hydrolysis) is 1. The third-order valence-electron chi connectivity index (χ3n) is 8.15. The molecule has 2 aliphatic carbocycles. The molecular formula is C31H45N3O8. The highest BCUT2D eigenvalue weighted by Crippen LogP contribution is 2.22. The smallest absolute Gasteiger partial charge is 0.408 e. The van der Waals surface area contributed by atoms with Gasteiger partial charge in [-0.2, -0.15) is 0 Å². The predicted molar refractivity (Wildman–Crippen MR) is 154 cm³/mol. The lowest BCUT2D eigenvalue weighted by atomic mass is 9.94. The Balaban J connectivity index is 1.50. The number of rotatable bonds is 13. The van der Waals surface area contributed by atoms with Gasteiger partial charge in [-0.15, -0.1) is 0 Å². The van der Waals surface area contributed by atoms with Crippen molar-refractivity contribution in [2.24, 2.45) is 0 Å². The lowest BCUT2D eigenvalue weighted by Crippen LogP contribution is -2.45. The topological polar surface area (TPSA) is 132 Å². The van der Waals surface area contributed by atoms with Crippen molar-refractivity contribution in [3.05, 3.63) is 35.9 Å². The summed E-state index contributed by atoms with van der Waals surface area (Å²) in [6.07, 6.45) is 8.97. The van der Waals surface area contributed by atoms with Crippen LogP contribution in [0, 0.1) is 0 Å². The zero-order valence-electron chi connectivity index (χ0n) is 24.9. The molecular weight excluding hydrogens is 542 g/mol. The first-order chi connectivity index (χ1) is 20.2. The number of benzene rings is 1. The summed E-state index contributed by atoms with van der Waals surface area (Å²) >= 11 is 0. The third kappa shape index (κ3) is 11.0. The summed E-state index contributed by atoms with van der Waals surface area (Å²) in [6, 6.07) is 8.03. The van der Waals surface area contributed by atoms with Gasteiger partial charge < -0.3 is 29.3 Å². The molecule has 3 rings (SSSR count). The summed E-state index contributed by atoms with van der Waals surface area (Å²) in [7, 11) is 3.42. The van der Waals surface area contributed by atoms with Crippen LogP contribution in [0.3, 0.4) is 0 Å². The predicted octanol–water partition coefficient (Wildman–Crippen LogP) is 3.73. The summed E-state index contributed by atoms with van der Waals surface area (Å²) in [4.78, 5) is 66.3. The van der Waals surface area contributed by atoms with E-state index in [1.165, 1.54) is 0 Å². The number of carbonyl (C=O) groups excluding carboxylic acids is 5. The molecule has 232 valence electrons. The van der Waals surface area contributed by atoms with Crippen molar-refractivity contribution in [2.45, 2.75) is 102 Å². The van der Waals surface area contributed by atoms with Crippen molar-refractivity contribution in [2.75, 3.05) is 27.3 Å². The lowest BCUT2D eigenvalue weighted by molar-refractivity contribution is -0.155. The van der Waals surface area contributed by atoms with E-state index in [1.54, 1.807) is 48.2 Å². The SMILES string of the molecule is CN(C(=O)COC(=O)CC[C@H](NC(=O)OCc1ccccc1)C(=O)OCC(=O)N(C)C1CCCCC1)C1CCCCC1. The summed E-state index contributed by atoms with van der Waals surface area (Å²) in [5, 5.41) is 2.44. The summed E-state index contributed by atoms with van der Waals surface area (Å²) < 4.78 is 15.6. The van der Waals surface area contributed by atoms with Gasteiger partial charge in [0.15, 0.2) is 13.2 Å². The Labute approximate surface area is 248 Å². The standard InChI is InChI=1S/C31H45N3O8/c1-33(24-14-8-4-9-15-24)27(35)21-40-29(37)19-18-26(32-31(39)42-20-23-12-6-3-7-13-23)30(38)41-22-28(36)34(2)25-16-10-5-11-17-25/h3,6-7,12-13,24-26H,4-5,8-11,14-22H2,1-2H3,(H,32,39)/t26-/m0/s1. The van der Waals surface area contributed by atoms with Gasteiger partial charge in [0.05, 0.1) is 0 Å². The van der Waals surface area contributed by atoms with E-state index in [1.807, 2.05) is 6.07 Å². The van der Waals surface area contributed by atoms with Crippen LogP contribution in [-0.2, 0) is 40.0 Å². The van der Waals surface area contributed by atoms with E-state index in [0.29, 0.717) is 0 Å². The fourth-order valence-corrected chi connectivity index (χ4v) is 5.41. The fourth-order valence-electron chi connectivity index (χ4n) is 5.41. The molecule has 0 bridgehead atoms. The maximum absolute atomic E-state index is 12.9. The molecule has 0 spiro atoms. The lowest BCUT2D eigenvalue weighted by Gasteiger charge is -2.31. The summed E-state index contributed by atoms with van der Waals surface area (Å²) in [5.74, 6) is -2.17. The normalized spacial score (nSPS) is 16.5. The number of hydrogen-bond donors (Lipinski definition) is 1. The Morgan fingerprint density at radius 2 is 1.29 bits per heavy atom. The number of hydrogen-bond acceptors (Lipinski definition) is 8.